The van der Waals surface area contributed by atoms with E-state index in [1.54, 1.807) is 18.6 Å². The molecular weight excluding hydrogens is 328 g/mol. The van der Waals surface area contributed by atoms with E-state index in [9.17, 15) is 0 Å². The van der Waals surface area contributed by atoms with Gasteiger partial charge in [-0.2, -0.15) is 0 Å². The topological polar surface area (TPSA) is 75.5 Å². The van der Waals surface area contributed by atoms with Crippen LogP contribution >= 0.6 is 0 Å². The van der Waals surface area contributed by atoms with E-state index in [4.69, 9.17) is 4.74 Å². The molecule has 2 aromatic heterocycles. The number of nitrogens with one attached hydrogen (secondary N) is 1. The lowest BCUT2D eigenvalue weighted by Crippen LogP contribution is -2.19. The molecular formula is C19H20N6O. The van der Waals surface area contributed by atoms with Gasteiger partial charge in [0.25, 0.3) is 0 Å². The molecule has 0 saturated heterocycles. The zero-order chi connectivity index (χ0) is 17.9. The number of likely N-dealkylation sites (N-methyl/N-ethyl adjacent to an activating group) is 1. The van der Waals surface area contributed by atoms with Gasteiger partial charge in [0.05, 0.1) is 12.2 Å². The summed E-state index contributed by atoms with van der Waals surface area (Å²) in [4.78, 5) is 19.6. The van der Waals surface area contributed by atoms with Crippen LogP contribution in [0.4, 0.5) is 5.69 Å². The van der Waals surface area contributed by atoms with E-state index < -0.39 is 0 Å². The summed E-state index contributed by atoms with van der Waals surface area (Å²) in [7, 11) is 4.04. The van der Waals surface area contributed by atoms with Crippen molar-refractivity contribution in [2.24, 2.45) is 4.99 Å². The molecule has 0 aliphatic carbocycles. The summed E-state index contributed by atoms with van der Waals surface area (Å²) in [5.41, 5.74) is 2.66. The van der Waals surface area contributed by atoms with E-state index in [0.29, 0.717) is 19.0 Å². The molecule has 3 heterocycles. The molecule has 7 heteroatoms. The number of aliphatic imine (C=N–C) groups is 1. The summed E-state index contributed by atoms with van der Waals surface area (Å²) < 4.78 is 5.83. The number of ether oxygens (including phenoxy) is 1. The number of anilines is 1. The second kappa shape index (κ2) is 7.05. The van der Waals surface area contributed by atoms with Gasteiger partial charge >= 0.3 is 0 Å². The average molecular weight is 348 g/mol. The largest absolute Gasteiger partial charge is 0.476 e. The van der Waals surface area contributed by atoms with Crippen molar-refractivity contribution in [1.29, 1.82) is 0 Å². The van der Waals surface area contributed by atoms with Gasteiger partial charge in [-0.25, -0.2) is 9.97 Å². The van der Waals surface area contributed by atoms with Gasteiger partial charge in [-0.1, -0.05) is 0 Å². The maximum Gasteiger partial charge on any atom is 0.221 e. The average Bonchev–Trinajstić information content (AvgIpc) is 3.04. The molecule has 0 unspecified atom stereocenters. The fourth-order valence-electron chi connectivity index (χ4n) is 2.81. The molecule has 1 aliphatic heterocycles. The van der Waals surface area contributed by atoms with E-state index >= 15 is 0 Å². The van der Waals surface area contributed by atoms with Crippen LogP contribution in [0.2, 0.25) is 0 Å². The fourth-order valence-corrected chi connectivity index (χ4v) is 2.81. The van der Waals surface area contributed by atoms with Crippen molar-refractivity contribution in [3.05, 3.63) is 54.2 Å². The van der Waals surface area contributed by atoms with Crippen LogP contribution in [-0.2, 0) is 6.54 Å². The van der Waals surface area contributed by atoms with Gasteiger partial charge in [-0.15, -0.1) is 0 Å². The summed E-state index contributed by atoms with van der Waals surface area (Å²) in [5, 5.41) is 5.40. The molecule has 0 radical (unpaired) electrons. The minimum atomic E-state index is 0.562. The quantitative estimate of drug-likeness (QED) is 0.763. The van der Waals surface area contributed by atoms with Crippen molar-refractivity contribution < 1.29 is 4.74 Å². The van der Waals surface area contributed by atoms with Gasteiger partial charge < -0.3 is 15.0 Å². The van der Waals surface area contributed by atoms with Crippen LogP contribution in [0, 0.1) is 0 Å². The van der Waals surface area contributed by atoms with Crippen molar-refractivity contribution in [2.45, 2.75) is 6.54 Å². The third-order valence-electron chi connectivity index (χ3n) is 4.15. The highest BCUT2D eigenvalue weighted by Crippen LogP contribution is 2.26. The Morgan fingerprint density at radius 1 is 1.08 bits per heavy atom. The highest BCUT2D eigenvalue weighted by atomic mass is 16.5. The molecule has 0 bridgehead atoms. The van der Waals surface area contributed by atoms with Gasteiger partial charge in [0, 0.05) is 36.2 Å². The SMILES string of the molecule is CN(C)CCOc1nccc2cc(NC3=NCc4nccnc43)ccc12. The Bertz CT molecular complexity index is 969. The lowest BCUT2D eigenvalue weighted by Gasteiger charge is -2.12. The lowest BCUT2D eigenvalue weighted by molar-refractivity contribution is 0.256. The predicted molar refractivity (Wildman–Crippen MR) is 102 cm³/mol. The molecule has 1 N–H and O–H groups in total. The molecule has 4 rings (SSSR count). The number of fused-ring (bicyclic) bond motifs is 2. The minimum Gasteiger partial charge on any atom is -0.476 e. The van der Waals surface area contributed by atoms with Crippen molar-refractivity contribution in [3.8, 4) is 5.88 Å². The number of hydrogen-bond donors (Lipinski definition) is 1. The Morgan fingerprint density at radius 3 is 2.85 bits per heavy atom. The van der Waals surface area contributed by atoms with E-state index in [1.165, 1.54) is 0 Å². The standard InChI is InChI=1S/C19H20N6O/c1-25(2)9-10-26-19-15-4-3-14(11-13(15)5-6-22-19)24-18-17-16(12-23-18)20-7-8-21-17/h3-8,11H,9-10,12H2,1-2H3,(H,23,24). The van der Waals surface area contributed by atoms with Crippen molar-refractivity contribution in [2.75, 3.05) is 32.6 Å². The van der Waals surface area contributed by atoms with Gasteiger partial charge in [-0.05, 0) is 43.7 Å². The Balaban J connectivity index is 1.55. The van der Waals surface area contributed by atoms with Crippen LogP contribution in [0.25, 0.3) is 10.8 Å². The zero-order valence-electron chi connectivity index (χ0n) is 14.8. The predicted octanol–water partition coefficient (Wildman–Crippen LogP) is 2.34. The first-order valence-corrected chi connectivity index (χ1v) is 8.49. The van der Waals surface area contributed by atoms with E-state index in [1.807, 2.05) is 32.3 Å². The molecule has 1 aromatic carbocycles. The first-order valence-electron chi connectivity index (χ1n) is 8.49. The molecule has 1 aliphatic rings. The second-order valence-corrected chi connectivity index (χ2v) is 6.35. The van der Waals surface area contributed by atoms with E-state index in [0.717, 1.165) is 40.2 Å². The van der Waals surface area contributed by atoms with Crippen LogP contribution in [0.15, 0.2) is 47.8 Å². The monoisotopic (exact) mass is 348 g/mol. The third-order valence-corrected chi connectivity index (χ3v) is 4.15. The summed E-state index contributed by atoms with van der Waals surface area (Å²) >= 11 is 0. The maximum atomic E-state index is 5.83. The van der Waals surface area contributed by atoms with E-state index in [-0.39, 0.29) is 0 Å². The molecule has 0 saturated carbocycles. The van der Waals surface area contributed by atoms with Gasteiger partial charge in [0.15, 0.2) is 5.84 Å². The summed E-state index contributed by atoms with van der Waals surface area (Å²) in [6.07, 6.45) is 5.15. The number of nitrogens with zero attached hydrogens (tertiary/aromatic N) is 5. The molecule has 7 nitrogen and oxygen atoms in total. The second-order valence-electron chi connectivity index (χ2n) is 6.35. The van der Waals surface area contributed by atoms with Crippen LogP contribution in [0.1, 0.15) is 11.4 Å². The molecule has 0 amide bonds. The first kappa shape index (κ1) is 16.4. The van der Waals surface area contributed by atoms with Crippen LogP contribution in [-0.4, -0.2) is 52.9 Å². The highest BCUT2D eigenvalue weighted by Gasteiger charge is 2.18. The molecule has 0 fully saturated rings. The molecule has 0 atom stereocenters. The Kier molecular flexibility index (Phi) is 4.45. The Hall–Kier alpha value is -3.06. The summed E-state index contributed by atoms with van der Waals surface area (Å²) in [6, 6.07) is 8.05. The number of pyridine rings is 1. The van der Waals surface area contributed by atoms with Crippen molar-refractivity contribution >= 4 is 22.3 Å². The highest BCUT2D eigenvalue weighted by molar-refractivity contribution is 6.09. The molecule has 0 spiro atoms. The first-order chi connectivity index (χ1) is 12.7. The van der Waals surface area contributed by atoms with Crippen LogP contribution in [0.5, 0.6) is 5.88 Å². The smallest absolute Gasteiger partial charge is 0.221 e. The van der Waals surface area contributed by atoms with E-state index in [2.05, 4.69) is 36.2 Å². The number of aromatic nitrogens is 3. The Labute approximate surface area is 151 Å². The number of amidine groups is 1. The number of hydrogen-bond acceptors (Lipinski definition) is 7. The summed E-state index contributed by atoms with van der Waals surface area (Å²) in [6.45, 7) is 2.01. The van der Waals surface area contributed by atoms with Crippen LogP contribution in [0.3, 0.4) is 0 Å². The molecule has 3 aromatic rings. The molecule has 132 valence electrons. The van der Waals surface area contributed by atoms with Crippen molar-refractivity contribution in [3.63, 3.8) is 0 Å². The fraction of sp³-hybridized carbons (Fsp3) is 0.263. The van der Waals surface area contributed by atoms with Crippen molar-refractivity contribution in [1.82, 2.24) is 19.9 Å². The van der Waals surface area contributed by atoms with Gasteiger partial charge in [0.1, 0.15) is 12.3 Å². The zero-order valence-corrected chi connectivity index (χ0v) is 14.8. The number of rotatable bonds is 5. The van der Waals surface area contributed by atoms with Gasteiger partial charge in [0.2, 0.25) is 5.88 Å². The third kappa shape index (κ3) is 3.34. The normalized spacial score (nSPS) is 13.0. The van der Waals surface area contributed by atoms with Gasteiger partial charge in [-0.3, -0.25) is 9.98 Å². The van der Waals surface area contributed by atoms with Crippen LogP contribution < -0.4 is 10.1 Å². The minimum absolute atomic E-state index is 0.562. The maximum absolute atomic E-state index is 5.83. The summed E-state index contributed by atoms with van der Waals surface area (Å²) in [5.74, 6) is 1.41. The number of benzene rings is 1. The lowest BCUT2D eigenvalue weighted by atomic mass is 10.1. The molecule has 26 heavy (non-hydrogen) atoms. The Morgan fingerprint density at radius 2 is 1.96 bits per heavy atom.